The van der Waals surface area contributed by atoms with Crippen LogP contribution in [0.25, 0.3) is 10.9 Å². The standard InChI is InChI=1S/C26H31N3O4S/c1-32-23-14-21-10-13-28(18-22(21)15-24(23)33-2)16-19-6-5-12-29(17-19)34(30,31)25-9-3-7-20-8-4-11-27-26(20)25/h3-4,7-9,11,14-15,19H,5-6,10,12-13,16-18H2,1-2H3. The van der Waals surface area contributed by atoms with Crippen molar-refractivity contribution in [1.82, 2.24) is 14.2 Å². The van der Waals surface area contributed by atoms with Crippen LogP contribution in [0.4, 0.5) is 0 Å². The van der Waals surface area contributed by atoms with E-state index in [-0.39, 0.29) is 0 Å². The molecule has 3 aromatic rings. The van der Waals surface area contributed by atoms with Gasteiger partial charge in [-0.1, -0.05) is 18.2 Å². The smallest absolute Gasteiger partial charge is 0.245 e. The van der Waals surface area contributed by atoms with E-state index >= 15 is 0 Å². The molecule has 0 saturated carbocycles. The molecule has 1 unspecified atom stereocenters. The highest BCUT2D eigenvalue weighted by Crippen LogP contribution is 2.34. The lowest BCUT2D eigenvalue weighted by Crippen LogP contribution is -2.44. The number of rotatable bonds is 6. The summed E-state index contributed by atoms with van der Waals surface area (Å²) in [7, 11) is -0.283. The summed E-state index contributed by atoms with van der Waals surface area (Å²) in [4.78, 5) is 7.11. The number of hydrogen-bond acceptors (Lipinski definition) is 6. The first kappa shape index (κ1) is 23.1. The summed E-state index contributed by atoms with van der Waals surface area (Å²) in [5, 5.41) is 0.844. The van der Waals surface area contributed by atoms with Gasteiger partial charge in [0.05, 0.1) is 19.7 Å². The lowest BCUT2D eigenvalue weighted by Gasteiger charge is -2.37. The molecular formula is C26H31N3O4S. The number of ether oxygens (including phenoxy) is 2. The monoisotopic (exact) mass is 481 g/mol. The van der Waals surface area contributed by atoms with Gasteiger partial charge in [0.2, 0.25) is 10.0 Å². The highest BCUT2D eigenvalue weighted by Gasteiger charge is 2.33. The van der Waals surface area contributed by atoms with E-state index in [1.165, 1.54) is 11.1 Å². The summed E-state index contributed by atoms with van der Waals surface area (Å²) >= 11 is 0. The van der Waals surface area contributed by atoms with Gasteiger partial charge in [0.25, 0.3) is 0 Å². The van der Waals surface area contributed by atoms with E-state index in [2.05, 4.69) is 22.0 Å². The fourth-order valence-corrected chi connectivity index (χ4v) is 7.00. The zero-order valence-corrected chi connectivity index (χ0v) is 20.6. The number of piperidine rings is 1. The number of sulfonamides is 1. The summed E-state index contributed by atoms with van der Waals surface area (Å²) in [5.41, 5.74) is 3.10. The molecule has 0 amide bonds. The minimum absolute atomic E-state index is 0.299. The fourth-order valence-electron chi connectivity index (χ4n) is 5.28. The largest absolute Gasteiger partial charge is 0.493 e. The van der Waals surface area contributed by atoms with Crippen LogP contribution in [0.15, 0.2) is 53.6 Å². The molecule has 5 rings (SSSR count). The summed E-state index contributed by atoms with van der Waals surface area (Å²) < 4.78 is 39.8. The Bertz CT molecular complexity index is 1290. The second-order valence-corrected chi connectivity index (χ2v) is 11.1. The molecule has 2 aliphatic rings. The lowest BCUT2D eigenvalue weighted by atomic mass is 9.95. The van der Waals surface area contributed by atoms with Crippen molar-refractivity contribution in [3.05, 3.63) is 59.8 Å². The van der Waals surface area contributed by atoms with Crippen LogP contribution in [0.5, 0.6) is 11.5 Å². The van der Waals surface area contributed by atoms with Crippen molar-refractivity contribution < 1.29 is 17.9 Å². The Morgan fingerprint density at radius 2 is 1.79 bits per heavy atom. The van der Waals surface area contributed by atoms with Crippen LogP contribution < -0.4 is 9.47 Å². The predicted molar refractivity (Wildman–Crippen MR) is 132 cm³/mol. The van der Waals surface area contributed by atoms with E-state index in [9.17, 15) is 8.42 Å². The van der Waals surface area contributed by atoms with Gasteiger partial charge in [-0.2, -0.15) is 4.31 Å². The van der Waals surface area contributed by atoms with Crippen molar-refractivity contribution in [2.45, 2.75) is 30.7 Å². The summed E-state index contributed by atoms with van der Waals surface area (Å²) in [5.74, 6) is 1.82. The van der Waals surface area contributed by atoms with E-state index in [4.69, 9.17) is 9.47 Å². The minimum Gasteiger partial charge on any atom is -0.493 e. The number of aromatic nitrogens is 1. The number of pyridine rings is 1. The second kappa shape index (κ2) is 9.52. The van der Waals surface area contributed by atoms with Gasteiger partial charge >= 0.3 is 0 Å². The fraction of sp³-hybridized carbons (Fsp3) is 0.423. The Morgan fingerprint density at radius 1 is 1.03 bits per heavy atom. The number of methoxy groups -OCH3 is 2. The molecule has 7 nitrogen and oxygen atoms in total. The van der Waals surface area contributed by atoms with Crippen molar-refractivity contribution in [3.63, 3.8) is 0 Å². The van der Waals surface area contributed by atoms with Crippen LogP contribution in [0.3, 0.4) is 0 Å². The van der Waals surface area contributed by atoms with Gasteiger partial charge in [-0.15, -0.1) is 0 Å². The molecule has 180 valence electrons. The van der Waals surface area contributed by atoms with E-state index in [0.717, 1.165) is 55.8 Å². The minimum atomic E-state index is -3.61. The average molecular weight is 482 g/mol. The van der Waals surface area contributed by atoms with E-state index in [1.54, 1.807) is 36.9 Å². The molecule has 1 saturated heterocycles. The number of fused-ring (bicyclic) bond motifs is 2. The highest BCUT2D eigenvalue weighted by molar-refractivity contribution is 7.89. The van der Waals surface area contributed by atoms with Crippen LogP contribution in [0.1, 0.15) is 24.0 Å². The summed E-state index contributed by atoms with van der Waals surface area (Å²) in [6.45, 7) is 3.78. The van der Waals surface area contributed by atoms with Crippen LogP contribution in [-0.4, -0.2) is 63.0 Å². The average Bonchev–Trinajstić information content (AvgIpc) is 2.87. The number of hydrogen-bond donors (Lipinski definition) is 0. The topological polar surface area (TPSA) is 72.0 Å². The van der Waals surface area contributed by atoms with Gasteiger partial charge in [0.1, 0.15) is 4.90 Å². The first-order valence-corrected chi connectivity index (χ1v) is 13.2. The Kier molecular flexibility index (Phi) is 6.46. The molecule has 2 aromatic carbocycles. The molecule has 1 aromatic heterocycles. The number of para-hydroxylation sites is 1. The number of nitrogens with zero attached hydrogens (tertiary/aromatic N) is 3. The van der Waals surface area contributed by atoms with Crippen molar-refractivity contribution >= 4 is 20.9 Å². The lowest BCUT2D eigenvalue weighted by molar-refractivity contribution is 0.167. The number of benzene rings is 2. The Hall–Kier alpha value is -2.68. The zero-order chi connectivity index (χ0) is 23.7. The third-order valence-electron chi connectivity index (χ3n) is 7.01. The van der Waals surface area contributed by atoms with E-state index in [1.807, 2.05) is 18.2 Å². The summed E-state index contributed by atoms with van der Waals surface area (Å²) in [6.07, 6.45) is 4.51. The first-order chi connectivity index (χ1) is 16.5. The van der Waals surface area contributed by atoms with Crippen LogP contribution in [-0.2, 0) is 23.0 Å². The molecule has 0 radical (unpaired) electrons. The van der Waals surface area contributed by atoms with Gasteiger partial charge < -0.3 is 9.47 Å². The van der Waals surface area contributed by atoms with Gasteiger partial charge in [-0.05, 0) is 60.6 Å². The molecule has 0 aliphatic carbocycles. The SMILES string of the molecule is COc1cc2c(cc1OC)CN(CC1CCCN(S(=O)(=O)c3cccc4cccnc34)C1)CC2. The zero-order valence-electron chi connectivity index (χ0n) is 19.7. The maximum Gasteiger partial charge on any atom is 0.245 e. The van der Waals surface area contributed by atoms with Crippen LogP contribution >= 0.6 is 0 Å². The van der Waals surface area contributed by atoms with Crippen molar-refractivity contribution in [3.8, 4) is 11.5 Å². The summed E-state index contributed by atoms with van der Waals surface area (Å²) in [6, 6.07) is 13.3. The predicted octanol–water partition coefficient (Wildman–Crippen LogP) is 3.71. The second-order valence-electron chi connectivity index (χ2n) is 9.16. The molecule has 1 atom stereocenters. The molecule has 0 N–H and O–H groups in total. The van der Waals surface area contributed by atoms with Crippen molar-refractivity contribution in [2.75, 3.05) is 40.4 Å². The van der Waals surface area contributed by atoms with Gasteiger partial charge in [-0.3, -0.25) is 9.88 Å². The highest BCUT2D eigenvalue weighted by atomic mass is 32.2. The first-order valence-electron chi connectivity index (χ1n) is 11.8. The van der Waals surface area contributed by atoms with Gasteiger partial charge in [0.15, 0.2) is 11.5 Å². The Labute approximate surface area is 201 Å². The third kappa shape index (κ3) is 4.37. The van der Waals surface area contributed by atoms with Crippen molar-refractivity contribution in [2.24, 2.45) is 5.92 Å². The van der Waals surface area contributed by atoms with Crippen LogP contribution in [0, 0.1) is 5.92 Å². The molecule has 8 heteroatoms. The van der Waals surface area contributed by atoms with E-state index < -0.39 is 10.0 Å². The molecule has 0 spiro atoms. The molecule has 1 fully saturated rings. The van der Waals surface area contributed by atoms with Crippen LogP contribution in [0.2, 0.25) is 0 Å². The Balaban J connectivity index is 1.31. The maximum absolute atomic E-state index is 13.6. The third-order valence-corrected chi connectivity index (χ3v) is 8.91. The maximum atomic E-state index is 13.6. The van der Waals surface area contributed by atoms with Gasteiger partial charge in [-0.25, -0.2) is 8.42 Å². The molecule has 0 bridgehead atoms. The molecule has 34 heavy (non-hydrogen) atoms. The molecular weight excluding hydrogens is 450 g/mol. The van der Waals surface area contributed by atoms with Gasteiger partial charge in [0, 0.05) is 44.3 Å². The quantitative estimate of drug-likeness (QED) is 0.535. The van der Waals surface area contributed by atoms with E-state index in [0.29, 0.717) is 29.4 Å². The van der Waals surface area contributed by atoms with Crippen molar-refractivity contribution in [1.29, 1.82) is 0 Å². The molecule has 3 heterocycles. The molecule has 2 aliphatic heterocycles. The Morgan fingerprint density at radius 3 is 2.59 bits per heavy atom. The normalized spacial score (nSPS) is 19.6.